The van der Waals surface area contributed by atoms with Crippen LogP contribution in [0.25, 0.3) is 11.0 Å². The Morgan fingerprint density at radius 2 is 1.62 bits per heavy atom. The van der Waals surface area contributed by atoms with Gasteiger partial charge in [0.2, 0.25) is 11.2 Å². The molecule has 0 unspecified atom stereocenters. The summed E-state index contributed by atoms with van der Waals surface area (Å²) < 4.78 is 16.7. The lowest BCUT2D eigenvalue weighted by Gasteiger charge is -2.10. The SMILES string of the molecule is Cc1cc(Oc2coc3cc(OC(=O)c4ccc(Cl)cc4Cl)ccc3c2=O)cc(C)c1Cl. The van der Waals surface area contributed by atoms with Gasteiger partial charge in [-0.2, -0.15) is 0 Å². The molecule has 0 amide bonds. The molecule has 0 saturated heterocycles. The van der Waals surface area contributed by atoms with Crippen molar-refractivity contribution < 1.29 is 18.7 Å². The standard InChI is InChI=1S/C24H15Cl3O5/c1-12-7-16(8-13(2)22(12)27)31-21-11-30-20-10-15(4-6-18(20)23(21)28)32-24(29)17-5-3-14(25)9-19(17)26/h3-11H,1-2H3. The van der Waals surface area contributed by atoms with Crippen molar-refractivity contribution in [3.05, 3.63) is 96.8 Å². The van der Waals surface area contributed by atoms with Crippen molar-refractivity contribution in [2.24, 2.45) is 0 Å². The summed E-state index contributed by atoms with van der Waals surface area (Å²) in [6.07, 6.45) is 1.21. The summed E-state index contributed by atoms with van der Waals surface area (Å²) >= 11 is 18.1. The Hall–Kier alpha value is -2.99. The van der Waals surface area contributed by atoms with E-state index in [9.17, 15) is 9.59 Å². The van der Waals surface area contributed by atoms with E-state index in [0.717, 1.165) is 11.1 Å². The van der Waals surface area contributed by atoms with Gasteiger partial charge in [-0.25, -0.2) is 4.79 Å². The van der Waals surface area contributed by atoms with Gasteiger partial charge in [-0.15, -0.1) is 0 Å². The van der Waals surface area contributed by atoms with E-state index in [4.69, 9.17) is 48.7 Å². The summed E-state index contributed by atoms with van der Waals surface area (Å²) in [5.41, 5.74) is 1.70. The number of carbonyl (C=O) groups is 1. The number of rotatable bonds is 4. The van der Waals surface area contributed by atoms with E-state index in [0.29, 0.717) is 15.8 Å². The Labute approximate surface area is 198 Å². The molecule has 4 rings (SSSR count). The van der Waals surface area contributed by atoms with Crippen LogP contribution in [-0.4, -0.2) is 5.97 Å². The minimum absolute atomic E-state index is 0.0244. The van der Waals surface area contributed by atoms with Crippen molar-refractivity contribution in [2.45, 2.75) is 13.8 Å². The number of halogens is 3. The molecule has 1 heterocycles. The molecule has 0 spiro atoms. The van der Waals surface area contributed by atoms with Gasteiger partial charge < -0.3 is 13.9 Å². The molecule has 0 aliphatic carbocycles. The molecule has 4 aromatic rings. The number of esters is 1. The molecule has 0 bridgehead atoms. The fraction of sp³-hybridized carbons (Fsp3) is 0.0833. The lowest BCUT2D eigenvalue weighted by Crippen LogP contribution is -2.10. The van der Waals surface area contributed by atoms with Crippen LogP contribution in [-0.2, 0) is 0 Å². The highest BCUT2D eigenvalue weighted by atomic mass is 35.5. The van der Waals surface area contributed by atoms with Crippen molar-refractivity contribution in [2.75, 3.05) is 0 Å². The highest BCUT2D eigenvalue weighted by molar-refractivity contribution is 6.36. The van der Waals surface area contributed by atoms with Crippen LogP contribution in [0.3, 0.4) is 0 Å². The molecule has 8 heteroatoms. The summed E-state index contributed by atoms with van der Waals surface area (Å²) in [4.78, 5) is 25.3. The van der Waals surface area contributed by atoms with Gasteiger partial charge in [0.1, 0.15) is 23.3 Å². The zero-order chi connectivity index (χ0) is 23.0. The van der Waals surface area contributed by atoms with Gasteiger partial charge in [0, 0.05) is 16.1 Å². The smallest absolute Gasteiger partial charge is 0.345 e. The average molecular weight is 490 g/mol. The van der Waals surface area contributed by atoms with E-state index in [2.05, 4.69) is 0 Å². The number of carbonyl (C=O) groups excluding carboxylic acids is 1. The summed E-state index contributed by atoms with van der Waals surface area (Å²) in [5, 5.41) is 1.49. The van der Waals surface area contributed by atoms with Crippen molar-refractivity contribution in [3.63, 3.8) is 0 Å². The normalized spacial score (nSPS) is 10.9. The molecular formula is C24H15Cl3O5. The Morgan fingerprint density at radius 3 is 2.31 bits per heavy atom. The number of hydrogen-bond acceptors (Lipinski definition) is 5. The van der Waals surface area contributed by atoms with E-state index < -0.39 is 5.97 Å². The maximum Gasteiger partial charge on any atom is 0.345 e. The van der Waals surface area contributed by atoms with Crippen LogP contribution >= 0.6 is 34.8 Å². The van der Waals surface area contributed by atoms with Gasteiger partial charge in [0.15, 0.2) is 0 Å². The molecule has 0 saturated carbocycles. The van der Waals surface area contributed by atoms with Crippen LogP contribution in [0.5, 0.6) is 17.2 Å². The molecule has 162 valence electrons. The maximum atomic E-state index is 12.9. The lowest BCUT2D eigenvalue weighted by atomic mass is 10.1. The largest absolute Gasteiger partial charge is 0.460 e. The van der Waals surface area contributed by atoms with Crippen LogP contribution in [0.4, 0.5) is 0 Å². The molecule has 0 atom stereocenters. The molecule has 0 aliphatic rings. The van der Waals surface area contributed by atoms with Crippen molar-refractivity contribution in [1.82, 2.24) is 0 Å². The molecule has 3 aromatic carbocycles. The zero-order valence-electron chi connectivity index (χ0n) is 16.9. The molecule has 5 nitrogen and oxygen atoms in total. The quantitative estimate of drug-likeness (QED) is 0.221. The van der Waals surface area contributed by atoms with E-state index in [1.807, 2.05) is 13.8 Å². The van der Waals surface area contributed by atoms with Gasteiger partial charge in [0.05, 0.1) is 16.0 Å². The first-order valence-corrected chi connectivity index (χ1v) is 10.5. The van der Waals surface area contributed by atoms with Crippen LogP contribution in [0.1, 0.15) is 21.5 Å². The van der Waals surface area contributed by atoms with Crippen LogP contribution in [0.2, 0.25) is 15.1 Å². The highest BCUT2D eigenvalue weighted by Crippen LogP contribution is 2.30. The molecule has 0 N–H and O–H groups in total. The third-order valence-corrected chi connectivity index (χ3v) is 5.86. The van der Waals surface area contributed by atoms with Gasteiger partial charge in [-0.3, -0.25) is 4.79 Å². The number of benzene rings is 3. The maximum absolute atomic E-state index is 12.9. The molecule has 1 aromatic heterocycles. The Balaban J connectivity index is 1.61. The second-order valence-electron chi connectivity index (χ2n) is 7.07. The minimum atomic E-state index is -0.665. The number of ether oxygens (including phenoxy) is 2. The van der Waals surface area contributed by atoms with Crippen molar-refractivity contribution in [3.8, 4) is 17.2 Å². The second kappa shape index (κ2) is 8.87. The van der Waals surface area contributed by atoms with E-state index in [-0.39, 0.29) is 38.5 Å². The summed E-state index contributed by atoms with van der Waals surface area (Å²) in [6, 6.07) is 12.4. The van der Waals surface area contributed by atoms with Crippen LogP contribution < -0.4 is 14.9 Å². The summed E-state index contributed by atoms with van der Waals surface area (Å²) in [7, 11) is 0. The van der Waals surface area contributed by atoms with E-state index in [1.165, 1.54) is 42.7 Å². The first-order valence-electron chi connectivity index (χ1n) is 9.40. The van der Waals surface area contributed by atoms with E-state index in [1.54, 1.807) is 12.1 Å². The minimum Gasteiger partial charge on any atom is -0.460 e. The lowest BCUT2D eigenvalue weighted by molar-refractivity contribution is 0.0735. The predicted octanol–water partition coefficient (Wildman–Crippen LogP) is 7.38. The second-order valence-corrected chi connectivity index (χ2v) is 8.30. The average Bonchev–Trinajstić information content (AvgIpc) is 2.74. The highest BCUT2D eigenvalue weighted by Gasteiger charge is 2.16. The zero-order valence-corrected chi connectivity index (χ0v) is 19.1. The third-order valence-electron chi connectivity index (χ3n) is 4.71. The van der Waals surface area contributed by atoms with Crippen LogP contribution in [0.15, 0.2) is 64.0 Å². The Kier molecular flexibility index (Phi) is 6.15. The number of hydrogen-bond donors (Lipinski definition) is 0. The van der Waals surface area contributed by atoms with Gasteiger partial charge in [0.25, 0.3) is 0 Å². The first-order chi connectivity index (χ1) is 15.2. The van der Waals surface area contributed by atoms with Gasteiger partial charge in [-0.1, -0.05) is 34.8 Å². The van der Waals surface area contributed by atoms with Gasteiger partial charge in [-0.05, 0) is 67.4 Å². The van der Waals surface area contributed by atoms with Crippen molar-refractivity contribution in [1.29, 1.82) is 0 Å². The molecule has 0 radical (unpaired) electrons. The first kappa shape index (κ1) is 22.2. The van der Waals surface area contributed by atoms with Crippen molar-refractivity contribution >= 4 is 51.7 Å². The monoisotopic (exact) mass is 488 g/mol. The third kappa shape index (κ3) is 4.46. The predicted molar refractivity (Wildman–Crippen MR) is 125 cm³/mol. The fourth-order valence-corrected chi connectivity index (χ4v) is 3.73. The van der Waals surface area contributed by atoms with Gasteiger partial charge >= 0.3 is 5.97 Å². The van der Waals surface area contributed by atoms with Crippen LogP contribution in [0, 0.1) is 13.8 Å². The Bertz CT molecular complexity index is 1400. The topological polar surface area (TPSA) is 65.7 Å². The fourth-order valence-electron chi connectivity index (χ4n) is 3.13. The summed E-state index contributed by atoms with van der Waals surface area (Å²) in [6.45, 7) is 3.70. The molecule has 0 fully saturated rings. The molecular weight excluding hydrogens is 475 g/mol. The molecule has 0 aliphatic heterocycles. The van der Waals surface area contributed by atoms with E-state index >= 15 is 0 Å². The summed E-state index contributed by atoms with van der Waals surface area (Å²) in [5.74, 6) is 0.0221. The Morgan fingerprint density at radius 1 is 0.906 bits per heavy atom. The molecule has 32 heavy (non-hydrogen) atoms. The number of aryl methyl sites for hydroxylation is 2. The number of fused-ring (bicyclic) bond motifs is 1.